The Bertz CT molecular complexity index is 170. The molecular formula is C10H20N2O. The molecule has 1 heterocycles. The lowest BCUT2D eigenvalue weighted by Gasteiger charge is -2.16. The van der Waals surface area contributed by atoms with Crippen molar-refractivity contribution in [2.24, 2.45) is 5.92 Å². The fraction of sp³-hybridized carbons (Fsp3) is 0.900. The van der Waals surface area contributed by atoms with Gasteiger partial charge in [-0.15, -0.1) is 0 Å². The van der Waals surface area contributed by atoms with Gasteiger partial charge in [0, 0.05) is 19.6 Å². The Morgan fingerprint density at radius 1 is 1.62 bits per heavy atom. The van der Waals surface area contributed by atoms with Crippen molar-refractivity contribution in [3.63, 3.8) is 0 Å². The van der Waals surface area contributed by atoms with Crippen LogP contribution in [-0.4, -0.2) is 30.6 Å². The van der Waals surface area contributed by atoms with Gasteiger partial charge in [0.05, 0.1) is 0 Å². The minimum Gasteiger partial charge on any atom is -0.338 e. The number of hydrogen-bond acceptors (Lipinski definition) is 1. The first-order chi connectivity index (χ1) is 6.24. The van der Waals surface area contributed by atoms with Gasteiger partial charge in [-0.1, -0.05) is 20.3 Å². The number of rotatable bonds is 3. The van der Waals surface area contributed by atoms with Crippen molar-refractivity contribution in [2.75, 3.05) is 19.6 Å². The molecule has 3 heteroatoms. The predicted molar refractivity (Wildman–Crippen MR) is 53.7 cm³/mol. The maximum absolute atomic E-state index is 11.5. The normalized spacial score (nSPS) is 22.0. The van der Waals surface area contributed by atoms with Crippen LogP contribution in [0.15, 0.2) is 0 Å². The maximum atomic E-state index is 11.5. The third kappa shape index (κ3) is 3.25. The first-order valence-electron chi connectivity index (χ1n) is 5.26. The summed E-state index contributed by atoms with van der Waals surface area (Å²) >= 11 is 0. The quantitative estimate of drug-likeness (QED) is 0.667. The van der Waals surface area contributed by atoms with Crippen molar-refractivity contribution in [1.29, 1.82) is 0 Å². The van der Waals surface area contributed by atoms with Gasteiger partial charge in [0.1, 0.15) is 0 Å². The highest BCUT2D eigenvalue weighted by atomic mass is 16.2. The molecule has 0 bridgehead atoms. The molecule has 0 unspecified atom stereocenters. The number of nitrogens with zero attached hydrogens (tertiary/aromatic N) is 1. The Kier molecular flexibility index (Phi) is 4.06. The number of likely N-dealkylation sites (tertiary alicyclic amines) is 1. The zero-order chi connectivity index (χ0) is 9.68. The van der Waals surface area contributed by atoms with Crippen molar-refractivity contribution >= 4 is 6.03 Å². The summed E-state index contributed by atoms with van der Waals surface area (Å²) in [7, 11) is 0. The van der Waals surface area contributed by atoms with Crippen molar-refractivity contribution < 1.29 is 4.79 Å². The third-order valence-corrected chi connectivity index (χ3v) is 2.52. The lowest BCUT2D eigenvalue weighted by Crippen LogP contribution is -2.38. The van der Waals surface area contributed by atoms with E-state index in [1.54, 1.807) is 0 Å². The van der Waals surface area contributed by atoms with Crippen LogP contribution in [0.5, 0.6) is 0 Å². The zero-order valence-corrected chi connectivity index (χ0v) is 8.68. The second-order valence-corrected chi connectivity index (χ2v) is 3.93. The third-order valence-electron chi connectivity index (χ3n) is 2.52. The van der Waals surface area contributed by atoms with Crippen LogP contribution in [0, 0.1) is 5.92 Å². The minimum atomic E-state index is 0.123. The van der Waals surface area contributed by atoms with E-state index in [9.17, 15) is 4.79 Å². The molecule has 3 nitrogen and oxygen atoms in total. The molecule has 0 radical (unpaired) electrons. The highest BCUT2D eigenvalue weighted by Crippen LogP contribution is 2.14. The molecule has 76 valence electrons. The Morgan fingerprint density at radius 2 is 2.38 bits per heavy atom. The molecule has 0 aromatic heterocycles. The second-order valence-electron chi connectivity index (χ2n) is 3.93. The van der Waals surface area contributed by atoms with E-state index >= 15 is 0 Å². The summed E-state index contributed by atoms with van der Waals surface area (Å²) in [6.07, 6.45) is 3.37. The molecule has 1 fully saturated rings. The van der Waals surface area contributed by atoms with Gasteiger partial charge in [0.2, 0.25) is 0 Å². The van der Waals surface area contributed by atoms with Crippen LogP contribution in [-0.2, 0) is 0 Å². The van der Waals surface area contributed by atoms with Gasteiger partial charge in [0.25, 0.3) is 0 Å². The summed E-state index contributed by atoms with van der Waals surface area (Å²) in [4.78, 5) is 13.4. The van der Waals surface area contributed by atoms with Gasteiger partial charge in [-0.25, -0.2) is 4.79 Å². The smallest absolute Gasteiger partial charge is 0.317 e. The molecule has 0 aromatic rings. The number of amides is 2. The van der Waals surface area contributed by atoms with Crippen LogP contribution in [0.1, 0.15) is 33.1 Å². The molecule has 1 N–H and O–H groups in total. The average Bonchev–Trinajstić information content (AvgIpc) is 2.52. The SMILES string of the molecule is CCCCNC(=O)N1CC[C@H](C)C1. The number of hydrogen-bond donors (Lipinski definition) is 1. The van der Waals surface area contributed by atoms with Crippen LogP contribution in [0.2, 0.25) is 0 Å². The molecule has 1 aliphatic heterocycles. The molecule has 0 saturated carbocycles. The van der Waals surface area contributed by atoms with Gasteiger partial charge in [-0.05, 0) is 18.8 Å². The number of carbonyl (C=O) groups excluding carboxylic acids is 1. The average molecular weight is 184 g/mol. The van der Waals surface area contributed by atoms with E-state index in [4.69, 9.17) is 0 Å². The van der Waals surface area contributed by atoms with E-state index in [1.807, 2.05) is 4.90 Å². The topological polar surface area (TPSA) is 32.3 Å². The number of urea groups is 1. The van der Waals surface area contributed by atoms with Gasteiger partial charge in [0.15, 0.2) is 0 Å². The molecular weight excluding hydrogens is 164 g/mol. The van der Waals surface area contributed by atoms with Gasteiger partial charge >= 0.3 is 6.03 Å². The summed E-state index contributed by atoms with van der Waals surface area (Å²) in [5, 5.41) is 2.93. The predicted octanol–water partition coefficient (Wildman–Crippen LogP) is 1.84. The van der Waals surface area contributed by atoms with E-state index in [1.165, 1.54) is 0 Å². The molecule has 0 spiro atoms. The molecule has 1 atom stereocenters. The van der Waals surface area contributed by atoms with Gasteiger partial charge in [-0.2, -0.15) is 0 Å². The van der Waals surface area contributed by atoms with Crippen LogP contribution >= 0.6 is 0 Å². The number of nitrogens with one attached hydrogen (secondary N) is 1. The van der Waals surface area contributed by atoms with Crippen LogP contribution < -0.4 is 5.32 Å². The Labute approximate surface area is 80.5 Å². The van der Waals surface area contributed by atoms with Crippen LogP contribution in [0.4, 0.5) is 4.79 Å². The Balaban J connectivity index is 2.16. The molecule has 13 heavy (non-hydrogen) atoms. The van der Waals surface area contributed by atoms with E-state index in [2.05, 4.69) is 19.2 Å². The lowest BCUT2D eigenvalue weighted by atomic mass is 10.2. The Morgan fingerprint density at radius 3 is 2.92 bits per heavy atom. The largest absolute Gasteiger partial charge is 0.338 e. The fourth-order valence-electron chi connectivity index (χ4n) is 1.60. The molecule has 1 rings (SSSR count). The van der Waals surface area contributed by atoms with E-state index in [-0.39, 0.29) is 6.03 Å². The van der Waals surface area contributed by atoms with Crippen LogP contribution in [0.25, 0.3) is 0 Å². The highest BCUT2D eigenvalue weighted by Gasteiger charge is 2.22. The van der Waals surface area contributed by atoms with Crippen molar-refractivity contribution in [1.82, 2.24) is 10.2 Å². The molecule has 0 aliphatic carbocycles. The monoisotopic (exact) mass is 184 g/mol. The van der Waals surface area contributed by atoms with Crippen LogP contribution in [0.3, 0.4) is 0 Å². The summed E-state index contributed by atoms with van der Waals surface area (Å²) in [5.41, 5.74) is 0. The van der Waals surface area contributed by atoms with Crippen molar-refractivity contribution in [2.45, 2.75) is 33.1 Å². The standard InChI is InChI=1S/C10H20N2O/c1-3-4-6-11-10(13)12-7-5-9(2)8-12/h9H,3-8H2,1-2H3,(H,11,13)/t9-/m0/s1. The Hall–Kier alpha value is -0.730. The molecule has 1 saturated heterocycles. The molecule has 0 aromatic carbocycles. The zero-order valence-electron chi connectivity index (χ0n) is 8.68. The summed E-state index contributed by atoms with van der Waals surface area (Å²) in [6.45, 7) is 7.00. The van der Waals surface area contributed by atoms with E-state index in [0.29, 0.717) is 5.92 Å². The lowest BCUT2D eigenvalue weighted by molar-refractivity contribution is 0.207. The van der Waals surface area contributed by atoms with Gasteiger partial charge in [-0.3, -0.25) is 0 Å². The molecule has 1 aliphatic rings. The van der Waals surface area contributed by atoms with Crippen molar-refractivity contribution in [3.05, 3.63) is 0 Å². The first-order valence-corrected chi connectivity index (χ1v) is 5.26. The number of unbranched alkanes of at least 4 members (excludes halogenated alkanes) is 1. The first kappa shape index (κ1) is 10.4. The van der Waals surface area contributed by atoms with E-state index in [0.717, 1.165) is 38.9 Å². The maximum Gasteiger partial charge on any atom is 0.317 e. The highest BCUT2D eigenvalue weighted by molar-refractivity contribution is 5.74. The fourth-order valence-corrected chi connectivity index (χ4v) is 1.60. The van der Waals surface area contributed by atoms with Gasteiger partial charge < -0.3 is 10.2 Å². The molecule has 2 amide bonds. The van der Waals surface area contributed by atoms with Crippen molar-refractivity contribution in [3.8, 4) is 0 Å². The second kappa shape index (κ2) is 5.10. The van der Waals surface area contributed by atoms with E-state index < -0.39 is 0 Å². The summed E-state index contributed by atoms with van der Waals surface area (Å²) < 4.78 is 0. The summed E-state index contributed by atoms with van der Waals surface area (Å²) in [5.74, 6) is 0.678. The minimum absolute atomic E-state index is 0.123. The number of carbonyl (C=O) groups is 1. The summed E-state index contributed by atoms with van der Waals surface area (Å²) in [6, 6.07) is 0.123.